The summed E-state index contributed by atoms with van der Waals surface area (Å²) in [5, 5.41) is 8.98. The minimum absolute atomic E-state index is 0.210. The third-order valence-electron chi connectivity index (χ3n) is 7.84. The number of nitrogen functional groups attached to an aromatic ring is 1. The first kappa shape index (κ1) is 25.2. The molecule has 3 aromatic heterocycles. The Labute approximate surface area is 226 Å². The number of anilines is 2. The second-order valence-electron chi connectivity index (χ2n) is 10.8. The summed E-state index contributed by atoms with van der Waals surface area (Å²) in [6.07, 6.45) is 9.26. The zero-order valence-corrected chi connectivity index (χ0v) is 22.3. The van der Waals surface area contributed by atoms with Gasteiger partial charge in [0.05, 0.1) is 35.0 Å². The summed E-state index contributed by atoms with van der Waals surface area (Å²) in [7, 11) is 0. The summed E-state index contributed by atoms with van der Waals surface area (Å²) in [5.41, 5.74) is 10.1. The number of fused-ring (bicyclic) bond motifs is 2. The predicted molar refractivity (Wildman–Crippen MR) is 149 cm³/mol. The molecule has 0 saturated carbocycles. The molecular weight excluding hydrogens is 494 g/mol. The number of hydrogen-bond donors (Lipinski definition) is 2. The normalized spacial score (nSPS) is 21.8. The number of pyridine rings is 2. The van der Waals surface area contributed by atoms with Crippen LogP contribution in [-0.2, 0) is 14.3 Å². The van der Waals surface area contributed by atoms with Crippen molar-refractivity contribution in [2.45, 2.75) is 58.2 Å². The second-order valence-corrected chi connectivity index (χ2v) is 10.8. The molecule has 10 nitrogen and oxygen atoms in total. The highest BCUT2D eigenvalue weighted by atomic mass is 16.5. The largest absolute Gasteiger partial charge is 0.383 e. The number of nitrogens with one attached hydrogen (secondary N) is 1. The van der Waals surface area contributed by atoms with Gasteiger partial charge in [0.15, 0.2) is 6.23 Å². The highest BCUT2D eigenvalue weighted by Crippen LogP contribution is 2.36. The Hall–Kier alpha value is -4.05. The van der Waals surface area contributed by atoms with E-state index in [4.69, 9.17) is 10.5 Å². The molecule has 6 rings (SSSR count). The number of nitrogens with two attached hydrogens (primary N) is 1. The summed E-state index contributed by atoms with van der Waals surface area (Å²) in [5.74, 6) is -0.697. The van der Waals surface area contributed by atoms with Gasteiger partial charge in [0.25, 0.3) is 0 Å². The average molecular weight is 528 g/mol. The predicted octanol–water partition coefficient (Wildman–Crippen LogP) is 4.51. The van der Waals surface area contributed by atoms with Crippen LogP contribution in [0.15, 0.2) is 42.9 Å². The van der Waals surface area contributed by atoms with Crippen molar-refractivity contribution in [2.24, 2.45) is 5.92 Å². The van der Waals surface area contributed by atoms with E-state index in [2.05, 4.69) is 33.4 Å². The third-order valence-corrected chi connectivity index (χ3v) is 7.84. The van der Waals surface area contributed by atoms with E-state index in [9.17, 15) is 9.59 Å². The van der Waals surface area contributed by atoms with Crippen LogP contribution in [0.25, 0.3) is 21.8 Å². The molecule has 1 unspecified atom stereocenters. The topological polar surface area (TPSA) is 128 Å². The minimum atomic E-state index is -0.714. The van der Waals surface area contributed by atoms with Crippen molar-refractivity contribution in [2.75, 3.05) is 24.2 Å². The zero-order valence-electron chi connectivity index (χ0n) is 22.3. The summed E-state index contributed by atoms with van der Waals surface area (Å²) in [4.78, 5) is 37.6. The van der Waals surface area contributed by atoms with Crippen LogP contribution in [-0.4, -0.2) is 49.6 Å². The van der Waals surface area contributed by atoms with Crippen molar-refractivity contribution in [1.29, 1.82) is 0 Å². The van der Waals surface area contributed by atoms with Gasteiger partial charge in [-0.2, -0.15) is 5.10 Å². The maximum Gasteiger partial charge on any atom is 0.314 e. The number of benzene rings is 1. The van der Waals surface area contributed by atoms with Gasteiger partial charge >= 0.3 is 11.8 Å². The number of hydrogen-bond acceptors (Lipinski definition) is 7. The van der Waals surface area contributed by atoms with E-state index in [-0.39, 0.29) is 18.2 Å². The molecule has 10 heteroatoms. The van der Waals surface area contributed by atoms with Crippen LogP contribution in [0.4, 0.5) is 11.5 Å². The molecule has 2 aliphatic rings. The van der Waals surface area contributed by atoms with Crippen LogP contribution < -0.4 is 11.1 Å². The lowest BCUT2D eigenvalue weighted by Crippen LogP contribution is -2.46. The minimum Gasteiger partial charge on any atom is -0.383 e. The molecule has 39 heavy (non-hydrogen) atoms. The Morgan fingerprint density at radius 1 is 1.08 bits per heavy atom. The molecule has 4 aromatic rings. The zero-order chi connectivity index (χ0) is 27.1. The molecule has 2 amide bonds. The van der Waals surface area contributed by atoms with Gasteiger partial charge in [0.2, 0.25) is 0 Å². The Kier molecular flexibility index (Phi) is 6.64. The first-order valence-electron chi connectivity index (χ1n) is 13.6. The van der Waals surface area contributed by atoms with Gasteiger partial charge in [-0.05, 0) is 68.2 Å². The smallest absolute Gasteiger partial charge is 0.314 e. The van der Waals surface area contributed by atoms with Crippen LogP contribution in [0, 0.1) is 12.8 Å². The number of likely N-dealkylation sites (tertiary alicyclic amines) is 1. The van der Waals surface area contributed by atoms with Gasteiger partial charge in [-0.15, -0.1) is 0 Å². The fourth-order valence-electron chi connectivity index (χ4n) is 5.79. The number of amides is 2. The second kappa shape index (κ2) is 10.3. The maximum atomic E-state index is 13.7. The SMILES string of the molecule is Cc1cnc2cc([C@H]3CC[C@H](C)CN3C(=O)C(=O)Nc3cnc(N)c4cnn(C5CCCCO5)c34)ccc2c1. The standard InChI is InChI=1S/C29H33N7O3/c1-17-6-9-24(20-8-7-19-11-18(2)13-31-22(19)12-20)35(16-17)29(38)28(37)34-23-15-32-27(30)21-14-33-36(26(21)23)25-5-3-4-10-39-25/h7-8,11-15,17,24-25H,3-6,9-10,16H2,1-2H3,(H2,30,32)(H,34,37)/t17-,24+,25?/m0/s1. The van der Waals surface area contributed by atoms with Gasteiger partial charge < -0.3 is 20.7 Å². The van der Waals surface area contributed by atoms with Crippen molar-refractivity contribution in [3.63, 3.8) is 0 Å². The summed E-state index contributed by atoms with van der Waals surface area (Å²) in [6, 6.07) is 7.99. The molecule has 0 aliphatic carbocycles. The molecule has 3 atom stereocenters. The van der Waals surface area contributed by atoms with Gasteiger partial charge in [-0.3, -0.25) is 14.6 Å². The Bertz CT molecular complexity index is 1560. The molecule has 1 aromatic carbocycles. The van der Waals surface area contributed by atoms with E-state index in [1.165, 1.54) is 6.20 Å². The summed E-state index contributed by atoms with van der Waals surface area (Å²) in [6.45, 7) is 5.27. The molecule has 0 spiro atoms. The van der Waals surface area contributed by atoms with E-state index >= 15 is 0 Å². The lowest BCUT2D eigenvalue weighted by Gasteiger charge is -2.38. The molecular formula is C29H33N7O3. The molecule has 2 aliphatic heterocycles. The van der Waals surface area contributed by atoms with Crippen molar-refractivity contribution in [3.8, 4) is 0 Å². The number of aryl methyl sites for hydroxylation is 1. The van der Waals surface area contributed by atoms with E-state index in [1.807, 2.05) is 31.3 Å². The summed E-state index contributed by atoms with van der Waals surface area (Å²) >= 11 is 0. The lowest BCUT2D eigenvalue weighted by molar-refractivity contribution is -0.146. The fraction of sp³-hybridized carbons (Fsp3) is 0.414. The third kappa shape index (κ3) is 4.80. The maximum absolute atomic E-state index is 13.7. The monoisotopic (exact) mass is 527 g/mol. The van der Waals surface area contributed by atoms with Crippen molar-refractivity contribution >= 4 is 45.1 Å². The molecule has 202 valence electrons. The van der Waals surface area contributed by atoms with Gasteiger partial charge in [0.1, 0.15) is 11.3 Å². The van der Waals surface area contributed by atoms with Crippen molar-refractivity contribution < 1.29 is 14.3 Å². The number of carbonyl (C=O) groups is 2. The van der Waals surface area contributed by atoms with E-state index in [0.29, 0.717) is 35.6 Å². The summed E-state index contributed by atoms with van der Waals surface area (Å²) < 4.78 is 7.67. The Morgan fingerprint density at radius 2 is 1.95 bits per heavy atom. The molecule has 5 heterocycles. The highest BCUT2D eigenvalue weighted by Gasteiger charge is 2.35. The van der Waals surface area contributed by atoms with Crippen LogP contribution in [0.5, 0.6) is 0 Å². The molecule has 0 bridgehead atoms. The number of piperidine rings is 1. The first-order valence-corrected chi connectivity index (χ1v) is 13.6. The fourth-order valence-corrected chi connectivity index (χ4v) is 5.79. The Morgan fingerprint density at radius 3 is 2.77 bits per heavy atom. The Balaban J connectivity index is 1.29. The molecule has 2 fully saturated rings. The quantitative estimate of drug-likeness (QED) is 0.375. The van der Waals surface area contributed by atoms with Crippen molar-refractivity contribution in [3.05, 3.63) is 54.0 Å². The molecule has 2 saturated heterocycles. The number of aromatic nitrogens is 4. The lowest BCUT2D eigenvalue weighted by atomic mass is 9.89. The van der Waals surface area contributed by atoms with Gasteiger partial charge in [-0.1, -0.05) is 19.1 Å². The van der Waals surface area contributed by atoms with Crippen LogP contribution in [0.3, 0.4) is 0 Å². The van der Waals surface area contributed by atoms with E-state index < -0.39 is 11.8 Å². The molecule has 0 radical (unpaired) electrons. The molecule has 3 N–H and O–H groups in total. The first-order chi connectivity index (χ1) is 18.9. The number of carbonyl (C=O) groups excluding carboxylic acids is 2. The van der Waals surface area contributed by atoms with E-state index in [0.717, 1.165) is 54.1 Å². The van der Waals surface area contributed by atoms with Gasteiger partial charge in [0, 0.05) is 24.7 Å². The van der Waals surface area contributed by atoms with Crippen LogP contribution in [0.2, 0.25) is 0 Å². The number of rotatable bonds is 3. The van der Waals surface area contributed by atoms with Crippen molar-refractivity contribution in [1.82, 2.24) is 24.6 Å². The number of ether oxygens (including phenoxy) is 1. The number of nitrogens with zero attached hydrogens (tertiary/aromatic N) is 5. The van der Waals surface area contributed by atoms with E-state index in [1.54, 1.807) is 15.8 Å². The van der Waals surface area contributed by atoms with Crippen LogP contribution in [0.1, 0.15) is 62.4 Å². The average Bonchev–Trinajstić information content (AvgIpc) is 3.41. The van der Waals surface area contributed by atoms with Crippen LogP contribution >= 0.6 is 0 Å². The van der Waals surface area contributed by atoms with Gasteiger partial charge in [-0.25, -0.2) is 9.67 Å². The highest BCUT2D eigenvalue weighted by molar-refractivity contribution is 6.40.